The summed E-state index contributed by atoms with van der Waals surface area (Å²) in [6.45, 7) is 10.3. The Labute approximate surface area is 163 Å². The third kappa shape index (κ3) is 5.88. The van der Waals surface area contributed by atoms with E-state index in [0.29, 0.717) is 12.6 Å². The van der Waals surface area contributed by atoms with Gasteiger partial charge in [0.15, 0.2) is 0 Å². The van der Waals surface area contributed by atoms with Crippen molar-refractivity contribution in [2.45, 2.75) is 52.1 Å². The number of rotatable bonds is 6. The zero-order valence-electron chi connectivity index (χ0n) is 16.9. The van der Waals surface area contributed by atoms with Gasteiger partial charge < -0.3 is 5.32 Å². The maximum Gasteiger partial charge on any atom is 0.224 e. The Morgan fingerprint density at radius 3 is 2.78 bits per heavy atom. The summed E-state index contributed by atoms with van der Waals surface area (Å²) in [5.74, 6) is 0.303. The minimum absolute atomic E-state index is 0.116. The molecule has 0 bridgehead atoms. The fourth-order valence-corrected chi connectivity index (χ4v) is 4.26. The second-order valence-corrected chi connectivity index (χ2v) is 8.02. The van der Waals surface area contributed by atoms with E-state index >= 15 is 0 Å². The highest BCUT2D eigenvalue weighted by Crippen LogP contribution is 2.24. The van der Waals surface area contributed by atoms with E-state index in [1.54, 1.807) is 6.20 Å². The van der Waals surface area contributed by atoms with Crippen LogP contribution < -0.4 is 5.32 Å². The van der Waals surface area contributed by atoms with Crippen LogP contribution in [0.15, 0.2) is 36.0 Å². The first kappa shape index (κ1) is 20.0. The molecule has 3 heterocycles. The summed E-state index contributed by atoms with van der Waals surface area (Å²) in [4.78, 5) is 22.1. The Balaban J connectivity index is 1.44. The molecule has 0 radical (unpaired) electrons. The highest BCUT2D eigenvalue weighted by atomic mass is 16.1. The van der Waals surface area contributed by atoms with Crippen molar-refractivity contribution in [3.63, 3.8) is 0 Å². The first-order chi connectivity index (χ1) is 13.2. The molecule has 0 spiro atoms. The number of likely N-dealkylation sites (tertiary alicyclic amines) is 2. The number of carbonyl (C=O) groups excluding carboxylic acids is 1. The van der Waals surface area contributed by atoms with Crippen molar-refractivity contribution >= 4 is 5.91 Å². The molecule has 5 heteroatoms. The van der Waals surface area contributed by atoms with Gasteiger partial charge in [0.2, 0.25) is 5.91 Å². The molecular formula is C22H34N4O. The summed E-state index contributed by atoms with van der Waals surface area (Å²) in [5, 5.41) is 3.08. The lowest BCUT2D eigenvalue weighted by Crippen LogP contribution is -2.50. The van der Waals surface area contributed by atoms with E-state index in [1.165, 1.54) is 31.5 Å². The molecule has 1 atom stereocenters. The monoisotopic (exact) mass is 370 g/mol. The second kappa shape index (κ2) is 10.00. The van der Waals surface area contributed by atoms with Gasteiger partial charge in [0.05, 0.1) is 18.2 Å². The van der Waals surface area contributed by atoms with Crippen LogP contribution >= 0.6 is 0 Å². The Hall–Kier alpha value is -1.72. The molecule has 2 saturated heterocycles. The number of amides is 1. The molecule has 0 saturated carbocycles. The molecule has 0 aromatic carbocycles. The van der Waals surface area contributed by atoms with Crippen molar-refractivity contribution in [1.82, 2.24) is 20.1 Å². The first-order valence-corrected chi connectivity index (χ1v) is 10.4. The van der Waals surface area contributed by atoms with E-state index in [2.05, 4.69) is 40.0 Å². The van der Waals surface area contributed by atoms with Crippen molar-refractivity contribution < 1.29 is 4.79 Å². The molecule has 2 fully saturated rings. The minimum Gasteiger partial charge on any atom is -0.350 e. The van der Waals surface area contributed by atoms with Crippen LogP contribution in [0.1, 0.15) is 45.2 Å². The molecule has 148 valence electrons. The average molecular weight is 371 g/mol. The van der Waals surface area contributed by atoms with Crippen LogP contribution in [-0.2, 0) is 11.3 Å². The van der Waals surface area contributed by atoms with Gasteiger partial charge >= 0.3 is 0 Å². The van der Waals surface area contributed by atoms with Crippen molar-refractivity contribution in [3.05, 3.63) is 41.7 Å². The molecule has 0 aliphatic carbocycles. The smallest absolute Gasteiger partial charge is 0.224 e. The van der Waals surface area contributed by atoms with Gasteiger partial charge in [-0.15, -0.1) is 0 Å². The maximum absolute atomic E-state index is 12.6. The Bertz CT molecular complexity index is 622. The molecular weight excluding hydrogens is 336 g/mol. The topological polar surface area (TPSA) is 48.5 Å². The van der Waals surface area contributed by atoms with E-state index < -0.39 is 0 Å². The summed E-state index contributed by atoms with van der Waals surface area (Å²) in [6.07, 6.45) is 8.56. The Morgan fingerprint density at radius 1 is 1.26 bits per heavy atom. The lowest BCUT2D eigenvalue weighted by atomic mass is 9.93. The largest absolute Gasteiger partial charge is 0.350 e. The summed E-state index contributed by atoms with van der Waals surface area (Å²) in [5.41, 5.74) is 2.37. The van der Waals surface area contributed by atoms with Crippen molar-refractivity contribution in [3.8, 4) is 0 Å². The lowest BCUT2D eigenvalue weighted by Gasteiger charge is -2.42. The summed E-state index contributed by atoms with van der Waals surface area (Å²) >= 11 is 0. The molecule has 1 amide bonds. The predicted molar refractivity (Wildman–Crippen MR) is 109 cm³/mol. The predicted octanol–water partition coefficient (Wildman–Crippen LogP) is 2.84. The molecule has 5 nitrogen and oxygen atoms in total. The fraction of sp³-hybridized carbons (Fsp3) is 0.636. The van der Waals surface area contributed by atoms with Gasteiger partial charge in [0.1, 0.15) is 0 Å². The number of carbonyl (C=O) groups is 1. The van der Waals surface area contributed by atoms with Crippen LogP contribution in [0.25, 0.3) is 0 Å². The van der Waals surface area contributed by atoms with E-state index in [9.17, 15) is 4.79 Å². The van der Waals surface area contributed by atoms with Crippen LogP contribution in [0.3, 0.4) is 0 Å². The van der Waals surface area contributed by atoms with Crippen LogP contribution in [0.2, 0.25) is 0 Å². The fourth-order valence-electron chi connectivity index (χ4n) is 4.26. The SMILES string of the molecule is C/C=C(\C)CN1CCC(N2CCC[C@H](C(=O)NCc3ccccn3)C2)CC1. The van der Waals surface area contributed by atoms with E-state index in [1.807, 2.05) is 18.2 Å². The van der Waals surface area contributed by atoms with Gasteiger partial charge in [-0.3, -0.25) is 19.6 Å². The number of pyridine rings is 1. The van der Waals surface area contributed by atoms with E-state index in [4.69, 9.17) is 0 Å². The summed E-state index contributed by atoms with van der Waals surface area (Å²) in [7, 11) is 0. The Morgan fingerprint density at radius 2 is 2.07 bits per heavy atom. The zero-order chi connectivity index (χ0) is 19.1. The van der Waals surface area contributed by atoms with Crippen LogP contribution in [0, 0.1) is 5.92 Å². The van der Waals surface area contributed by atoms with Gasteiger partial charge in [-0.1, -0.05) is 17.7 Å². The Kier molecular flexibility index (Phi) is 7.41. The second-order valence-electron chi connectivity index (χ2n) is 8.02. The van der Waals surface area contributed by atoms with Gasteiger partial charge in [-0.2, -0.15) is 0 Å². The van der Waals surface area contributed by atoms with E-state index in [0.717, 1.165) is 38.2 Å². The maximum atomic E-state index is 12.6. The highest BCUT2D eigenvalue weighted by molar-refractivity contribution is 5.78. The summed E-state index contributed by atoms with van der Waals surface area (Å²) < 4.78 is 0. The third-order valence-corrected chi connectivity index (χ3v) is 6.03. The molecule has 27 heavy (non-hydrogen) atoms. The number of allylic oxidation sites excluding steroid dienone is 1. The summed E-state index contributed by atoms with van der Waals surface area (Å²) in [6, 6.07) is 6.45. The molecule has 0 unspecified atom stereocenters. The van der Waals surface area contributed by atoms with E-state index in [-0.39, 0.29) is 11.8 Å². The van der Waals surface area contributed by atoms with Gasteiger partial charge in [-0.25, -0.2) is 0 Å². The standard InChI is InChI=1S/C22H34N4O/c1-3-18(2)16-25-13-9-21(10-14-25)26-12-6-7-19(17-26)22(27)24-15-20-8-4-5-11-23-20/h3-5,8,11,19,21H,6-7,9-10,12-17H2,1-2H3,(H,24,27)/b18-3+/t19-/m0/s1. The van der Waals surface area contributed by atoms with Crippen molar-refractivity contribution in [2.24, 2.45) is 5.92 Å². The van der Waals surface area contributed by atoms with Gasteiger partial charge in [0.25, 0.3) is 0 Å². The first-order valence-electron chi connectivity index (χ1n) is 10.4. The van der Waals surface area contributed by atoms with Crippen LogP contribution in [-0.4, -0.2) is 59.5 Å². The number of piperidine rings is 2. The quantitative estimate of drug-likeness (QED) is 0.783. The van der Waals surface area contributed by atoms with Crippen LogP contribution in [0.4, 0.5) is 0 Å². The molecule has 1 aromatic rings. The number of aromatic nitrogens is 1. The molecule has 3 rings (SSSR count). The number of hydrogen-bond acceptors (Lipinski definition) is 4. The zero-order valence-corrected chi connectivity index (χ0v) is 16.9. The number of nitrogens with zero attached hydrogens (tertiary/aromatic N) is 3. The third-order valence-electron chi connectivity index (χ3n) is 6.03. The molecule has 2 aliphatic heterocycles. The molecule has 1 aromatic heterocycles. The van der Waals surface area contributed by atoms with Crippen LogP contribution in [0.5, 0.6) is 0 Å². The molecule has 2 aliphatic rings. The number of hydrogen-bond donors (Lipinski definition) is 1. The van der Waals surface area contributed by atoms with Crippen molar-refractivity contribution in [1.29, 1.82) is 0 Å². The lowest BCUT2D eigenvalue weighted by molar-refractivity contribution is -0.127. The van der Waals surface area contributed by atoms with Crippen molar-refractivity contribution in [2.75, 3.05) is 32.7 Å². The molecule has 1 N–H and O–H groups in total. The normalized spacial score (nSPS) is 23.3. The van der Waals surface area contributed by atoms with Gasteiger partial charge in [0, 0.05) is 25.3 Å². The average Bonchev–Trinajstić information content (AvgIpc) is 2.73. The van der Waals surface area contributed by atoms with Gasteiger partial charge in [-0.05, 0) is 71.3 Å². The number of nitrogens with one attached hydrogen (secondary N) is 1. The minimum atomic E-state index is 0.116. The highest BCUT2D eigenvalue weighted by Gasteiger charge is 2.31.